The molecule has 1 aromatic rings. The lowest BCUT2D eigenvalue weighted by atomic mass is 10.1. The van der Waals surface area contributed by atoms with Crippen molar-refractivity contribution in [3.8, 4) is 5.75 Å². The van der Waals surface area contributed by atoms with Crippen LogP contribution in [-0.4, -0.2) is 18.3 Å². The monoisotopic (exact) mass is 249 g/mol. The van der Waals surface area contributed by atoms with Gasteiger partial charge in [-0.05, 0) is 63.8 Å². The highest BCUT2D eigenvalue weighted by atomic mass is 16.6. The lowest BCUT2D eigenvalue weighted by Gasteiger charge is -2.20. The van der Waals surface area contributed by atoms with E-state index in [-0.39, 0.29) is 11.7 Å². The maximum atomic E-state index is 5.91. The Hall–Kier alpha value is -1.22. The molecule has 0 amide bonds. The molecule has 3 nitrogen and oxygen atoms in total. The van der Waals surface area contributed by atoms with E-state index >= 15 is 0 Å². The molecule has 0 spiro atoms. The molecule has 0 aliphatic carbocycles. The van der Waals surface area contributed by atoms with E-state index in [1.807, 2.05) is 26.0 Å². The van der Waals surface area contributed by atoms with E-state index in [0.717, 1.165) is 35.4 Å². The lowest BCUT2D eigenvalue weighted by molar-refractivity contribution is -0.0327. The predicted molar refractivity (Wildman–Crippen MR) is 74.0 cm³/mol. The molecule has 1 aliphatic rings. The molecule has 2 rings (SSSR count). The van der Waals surface area contributed by atoms with Gasteiger partial charge in [-0.25, -0.2) is 0 Å². The standard InChI is InChI=1S/C15H23NO2/c1-10-8-14(11(2)7-13(10)16)17-9-12-5-6-15(3,4)18-12/h7-8,12H,5-6,9,16H2,1-4H3. The van der Waals surface area contributed by atoms with Crippen LogP contribution in [0.3, 0.4) is 0 Å². The van der Waals surface area contributed by atoms with Crippen molar-refractivity contribution in [3.63, 3.8) is 0 Å². The van der Waals surface area contributed by atoms with Crippen LogP contribution in [0.15, 0.2) is 12.1 Å². The van der Waals surface area contributed by atoms with Crippen LogP contribution in [0.25, 0.3) is 0 Å². The number of hydrogen-bond donors (Lipinski definition) is 1. The van der Waals surface area contributed by atoms with Gasteiger partial charge in [0.05, 0.1) is 11.7 Å². The molecule has 0 saturated carbocycles. The molecule has 3 heteroatoms. The summed E-state index contributed by atoms with van der Waals surface area (Å²) in [7, 11) is 0. The van der Waals surface area contributed by atoms with Crippen molar-refractivity contribution >= 4 is 5.69 Å². The van der Waals surface area contributed by atoms with Crippen LogP contribution in [0, 0.1) is 13.8 Å². The number of anilines is 1. The Morgan fingerprint density at radius 2 is 2.06 bits per heavy atom. The Kier molecular flexibility index (Phi) is 3.53. The minimum atomic E-state index is 0.000103. The second-order valence-electron chi connectivity index (χ2n) is 5.82. The van der Waals surface area contributed by atoms with Crippen molar-refractivity contribution in [1.82, 2.24) is 0 Å². The quantitative estimate of drug-likeness (QED) is 0.836. The summed E-state index contributed by atoms with van der Waals surface area (Å²) in [5.41, 5.74) is 8.82. The van der Waals surface area contributed by atoms with Gasteiger partial charge < -0.3 is 15.2 Å². The SMILES string of the molecule is Cc1cc(OCC2CCC(C)(C)O2)c(C)cc1N. The van der Waals surface area contributed by atoms with Crippen LogP contribution in [-0.2, 0) is 4.74 Å². The third-order valence-corrected chi connectivity index (χ3v) is 3.54. The van der Waals surface area contributed by atoms with Crippen molar-refractivity contribution in [2.45, 2.75) is 52.2 Å². The maximum absolute atomic E-state index is 5.91. The summed E-state index contributed by atoms with van der Waals surface area (Å²) in [5, 5.41) is 0. The van der Waals surface area contributed by atoms with Crippen molar-refractivity contribution in [1.29, 1.82) is 0 Å². The van der Waals surface area contributed by atoms with E-state index < -0.39 is 0 Å². The lowest BCUT2D eigenvalue weighted by Crippen LogP contribution is -2.24. The van der Waals surface area contributed by atoms with E-state index in [4.69, 9.17) is 15.2 Å². The van der Waals surface area contributed by atoms with Crippen molar-refractivity contribution in [2.75, 3.05) is 12.3 Å². The molecular weight excluding hydrogens is 226 g/mol. The number of benzene rings is 1. The normalized spacial score (nSPS) is 22.1. The number of aryl methyl sites for hydroxylation is 2. The van der Waals surface area contributed by atoms with Crippen LogP contribution in [0.5, 0.6) is 5.75 Å². The molecule has 0 aromatic heterocycles. The summed E-state index contributed by atoms with van der Waals surface area (Å²) < 4.78 is 11.8. The Morgan fingerprint density at radius 1 is 1.33 bits per heavy atom. The topological polar surface area (TPSA) is 44.5 Å². The molecule has 0 bridgehead atoms. The summed E-state index contributed by atoms with van der Waals surface area (Å²) in [5.74, 6) is 0.912. The van der Waals surface area contributed by atoms with Crippen molar-refractivity contribution in [2.24, 2.45) is 0 Å². The largest absolute Gasteiger partial charge is 0.491 e. The maximum Gasteiger partial charge on any atom is 0.122 e. The first-order valence-electron chi connectivity index (χ1n) is 6.55. The molecule has 1 saturated heterocycles. The second-order valence-corrected chi connectivity index (χ2v) is 5.82. The first-order chi connectivity index (χ1) is 8.37. The van der Waals surface area contributed by atoms with E-state index in [2.05, 4.69) is 13.8 Å². The van der Waals surface area contributed by atoms with Gasteiger partial charge in [0.1, 0.15) is 12.4 Å². The predicted octanol–water partition coefficient (Wildman–Crippen LogP) is 3.22. The van der Waals surface area contributed by atoms with Gasteiger partial charge in [0.25, 0.3) is 0 Å². The highest BCUT2D eigenvalue weighted by Gasteiger charge is 2.31. The van der Waals surface area contributed by atoms with E-state index in [0.29, 0.717) is 6.61 Å². The summed E-state index contributed by atoms with van der Waals surface area (Å²) in [4.78, 5) is 0. The van der Waals surface area contributed by atoms with Gasteiger partial charge in [-0.2, -0.15) is 0 Å². The highest BCUT2D eigenvalue weighted by Crippen LogP contribution is 2.30. The van der Waals surface area contributed by atoms with E-state index in [9.17, 15) is 0 Å². The van der Waals surface area contributed by atoms with Gasteiger partial charge in [-0.1, -0.05) is 0 Å². The fourth-order valence-electron chi connectivity index (χ4n) is 2.35. The van der Waals surface area contributed by atoms with E-state index in [1.54, 1.807) is 0 Å². The number of nitrogens with two attached hydrogens (primary N) is 1. The zero-order chi connectivity index (χ0) is 13.3. The highest BCUT2D eigenvalue weighted by molar-refractivity contribution is 5.53. The second kappa shape index (κ2) is 4.81. The zero-order valence-electron chi connectivity index (χ0n) is 11.7. The minimum absolute atomic E-state index is 0.000103. The molecule has 2 N–H and O–H groups in total. The summed E-state index contributed by atoms with van der Waals surface area (Å²) in [6, 6.07) is 3.97. The van der Waals surface area contributed by atoms with Gasteiger partial charge in [0.2, 0.25) is 0 Å². The average molecular weight is 249 g/mol. The Labute approximate surface area is 109 Å². The van der Waals surface area contributed by atoms with Crippen molar-refractivity contribution in [3.05, 3.63) is 23.3 Å². The molecule has 1 unspecified atom stereocenters. The molecular formula is C15H23NO2. The van der Waals surface area contributed by atoms with Gasteiger partial charge in [0.15, 0.2) is 0 Å². The number of hydrogen-bond acceptors (Lipinski definition) is 3. The van der Waals surface area contributed by atoms with Crippen LogP contribution in [0.2, 0.25) is 0 Å². The minimum Gasteiger partial charge on any atom is -0.491 e. The Morgan fingerprint density at radius 3 is 2.67 bits per heavy atom. The molecule has 100 valence electrons. The first kappa shape index (κ1) is 13.2. The van der Waals surface area contributed by atoms with Gasteiger partial charge in [-0.15, -0.1) is 0 Å². The summed E-state index contributed by atoms with van der Waals surface area (Å²) in [6.07, 6.45) is 2.37. The fourth-order valence-corrected chi connectivity index (χ4v) is 2.35. The van der Waals surface area contributed by atoms with Crippen LogP contribution < -0.4 is 10.5 Å². The average Bonchev–Trinajstić information content (AvgIpc) is 2.62. The summed E-state index contributed by atoms with van der Waals surface area (Å²) in [6.45, 7) is 8.90. The smallest absolute Gasteiger partial charge is 0.122 e. The van der Waals surface area contributed by atoms with E-state index in [1.165, 1.54) is 0 Å². The first-order valence-corrected chi connectivity index (χ1v) is 6.55. The molecule has 1 fully saturated rings. The third kappa shape index (κ3) is 2.96. The zero-order valence-corrected chi connectivity index (χ0v) is 11.7. The van der Waals surface area contributed by atoms with Crippen LogP contribution in [0.1, 0.15) is 37.8 Å². The van der Waals surface area contributed by atoms with Crippen LogP contribution in [0.4, 0.5) is 5.69 Å². The molecule has 1 aromatic carbocycles. The molecule has 1 atom stereocenters. The number of ether oxygens (including phenoxy) is 2. The van der Waals surface area contributed by atoms with Crippen molar-refractivity contribution < 1.29 is 9.47 Å². The fraction of sp³-hybridized carbons (Fsp3) is 0.600. The van der Waals surface area contributed by atoms with Gasteiger partial charge >= 0.3 is 0 Å². The Bertz CT molecular complexity index is 440. The molecule has 0 radical (unpaired) electrons. The summed E-state index contributed by atoms with van der Waals surface area (Å²) >= 11 is 0. The number of rotatable bonds is 3. The third-order valence-electron chi connectivity index (χ3n) is 3.54. The number of nitrogen functional groups attached to an aromatic ring is 1. The molecule has 18 heavy (non-hydrogen) atoms. The molecule has 1 aliphatic heterocycles. The Balaban J connectivity index is 1.97. The van der Waals surface area contributed by atoms with Crippen LogP contribution >= 0.6 is 0 Å². The van der Waals surface area contributed by atoms with Gasteiger partial charge in [-0.3, -0.25) is 0 Å². The van der Waals surface area contributed by atoms with Gasteiger partial charge in [0, 0.05) is 5.69 Å². The molecule has 1 heterocycles.